The normalized spacial score (nSPS) is 8.21. The summed E-state index contributed by atoms with van der Waals surface area (Å²) in [5.41, 5.74) is 0.730. The van der Waals surface area contributed by atoms with Gasteiger partial charge < -0.3 is 12.3 Å². The molecule has 2 rings (SSSR count). The van der Waals surface area contributed by atoms with Crippen LogP contribution in [0.15, 0.2) is 36.4 Å². The summed E-state index contributed by atoms with van der Waals surface area (Å²) in [5.74, 6) is 2.36. The SMILES string of the molecule is [C-]#Cc1[c-]ccc2ccccc12.[Li+].[Li+]. The summed E-state index contributed by atoms with van der Waals surface area (Å²) in [6.07, 6.45) is 7.04. The molecule has 56 valence electrons. The first-order valence-corrected chi connectivity index (χ1v) is 3.74. The van der Waals surface area contributed by atoms with Crippen molar-refractivity contribution in [2.75, 3.05) is 0 Å². The maximum Gasteiger partial charge on any atom is 1.00 e. The molecule has 0 aliphatic rings. The molecular weight excluding hydrogens is 158 g/mol. The van der Waals surface area contributed by atoms with Gasteiger partial charge >= 0.3 is 37.7 Å². The Bertz CT molecular complexity index is 450. The van der Waals surface area contributed by atoms with Crippen LogP contribution in [-0.2, 0) is 0 Å². The van der Waals surface area contributed by atoms with E-state index in [1.165, 1.54) is 0 Å². The first-order chi connectivity index (χ1) is 5.92. The molecule has 0 fully saturated rings. The predicted octanol–water partition coefficient (Wildman–Crippen LogP) is -3.41. The smallest absolute Gasteiger partial charge is 0.437 e. The van der Waals surface area contributed by atoms with E-state index in [9.17, 15) is 0 Å². The van der Waals surface area contributed by atoms with Gasteiger partial charge in [0.1, 0.15) is 0 Å². The number of hydrogen-bond donors (Lipinski definition) is 0. The molecule has 0 saturated carbocycles. The zero-order valence-corrected chi connectivity index (χ0v) is 8.46. The molecule has 0 saturated heterocycles. The Labute approximate surface area is 108 Å². The number of hydrogen-bond acceptors (Lipinski definition) is 0. The number of rotatable bonds is 0. The third kappa shape index (κ3) is 2.48. The zero-order valence-electron chi connectivity index (χ0n) is 8.46. The van der Waals surface area contributed by atoms with Crippen LogP contribution in [0.1, 0.15) is 5.56 Å². The van der Waals surface area contributed by atoms with E-state index >= 15 is 0 Å². The van der Waals surface area contributed by atoms with Gasteiger partial charge in [0.05, 0.1) is 0 Å². The van der Waals surface area contributed by atoms with Gasteiger partial charge in [-0.1, -0.05) is 18.2 Å². The summed E-state index contributed by atoms with van der Waals surface area (Å²) in [5, 5.41) is 2.17. The van der Waals surface area contributed by atoms with Crippen LogP contribution in [0, 0.1) is 18.4 Å². The second kappa shape index (κ2) is 6.04. The van der Waals surface area contributed by atoms with Crippen molar-refractivity contribution in [2.45, 2.75) is 0 Å². The summed E-state index contributed by atoms with van der Waals surface area (Å²) in [4.78, 5) is 0. The average molecular weight is 164 g/mol. The summed E-state index contributed by atoms with van der Waals surface area (Å²) in [7, 11) is 0. The molecule has 0 atom stereocenters. The Hall–Kier alpha value is -0.545. The molecule has 0 aromatic heterocycles. The van der Waals surface area contributed by atoms with Gasteiger partial charge in [0.2, 0.25) is 0 Å². The predicted molar refractivity (Wildman–Crippen MR) is 49.0 cm³/mol. The Kier molecular flexibility index (Phi) is 5.80. The maximum absolute atomic E-state index is 7.04. The molecule has 0 bridgehead atoms. The molecule has 2 heteroatoms. The van der Waals surface area contributed by atoms with E-state index in [1.54, 1.807) is 0 Å². The quantitative estimate of drug-likeness (QED) is 0.216. The molecule has 0 N–H and O–H groups in total. The van der Waals surface area contributed by atoms with E-state index in [1.807, 2.05) is 36.4 Å². The summed E-state index contributed by atoms with van der Waals surface area (Å²) < 4.78 is 0. The van der Waals surface area contributed by atoms with Crippen molar-refractivity contribution in [3.05, 3.63) is 54.5 Å². The fourth-order valence-electron chi connectivity index (χ4n) is 1.27. The fourth-order valence-corrected chi connectivity index (χ4v) is 1.27. The van der Waals surface area contributed by atoms with Crippen molar-refractivity contribution in [1.82, 2.24) is 0 Å². The minimum Gasteiger partial charge on any atom is -0.437 e. The van der Waals surface area contributed by atoms with Crippen LogP contribution in [0.5, 0.6) is 0 Å². The molecule has 14 heavy (non-hydrogen) atoms. The van der Waals surface area contributed by atoms with Crippen LogP contribution in [0.25, 0.3) is 10.8 Å². The van der Waals surface area contributed by atoms with Gasteiger partial charge in [0, 0.05) is 0 Å². The van der Waals surface area contributed by atoms with Gasteiger partial charge in [-0.2, -0.15) is 11.5 Å². The molecule has 0 amide bonds. The van der Waals surface area contributed by atoms with E-state index in [2.05, 4.69) is 12.0 Å². The fraction of sp³-hybridized carbons (Fsp3) is 0. The monoisotopic (exact) mass is 164 g/mol. The van der Waals surface area contributed by atoms with Gasteiger partial charge in [-0.05, 0) is 0 Å². The topological polar surface area (TPSA) is 0 Å². The molecule has 2 aromatic carbocycles. The standard InChI is InChI=1S/C12H6.2Li/c1-2-10-7-5-8-11-6-3-4-9-12(10)11;;/h3-6,8-9H;;/q-2;2*+1. The summed E-state index contributed by atoms with van der Waals surface area (Å²) in [6, 6.07) is 14.7. The van der Waals surface area contributed by atoms with Crippen molar-refractivity contribution >= 4 is 10.8 Å². The molecule has 0 radical (unpaired) electrons. The summed E-state index contributed by atoms with van der Waals surface area (Å²) in [6.45, 7) is 0. The molecule has 0 unspecified atom stereocenters. The zero-order chi connectivity index (χ0) is 8.39. The van der Waals surface area contributed by atoms with E-state index in [4.69, 9.17) is 6.42 Å². The largest absolute Gasteiger partial charge is 1.00 e. The Morgan fingerprint density at radius 3 is 2.50 bits per heavy atom. The first kappa shape index (κ1) is 13.5. The second-order valence-electron chi connectivity index (χ2n) is 2.56. The molecule has 0 heterocycles. The van der Waals surface area contributed by atoms with Gasteiger partial charge in [-0.3, -0.25) is 5.56 Å². The molecule has 0 spiro atoms. The summed E-state index contributed by atoms with van der Waals surface area (Å²) >= 11 is 0. The van der Waals surface area contributed by atoms with Crippen molar-refractivity contribution in [2.24, 2.45) is 0 Å². The average Bonchev–Trinajstić information content (AvgIpc) is 2.17. The first-order valence-electron chi connectivity index (χ1n) is 3.74. The Balaban J connectivity index is 0.000000845. The minimum absolute atomic E-state index is 0. The van der Waals surface area contributed by atoms with E-state index < -0.39 is 0 Å². The third-order valence-corrected chi connectivity index (χ3v) is 1.85. The van der Waals surface area contributed by atoms with Gasteiger partial charge in [0.25, 0.3) is 0 Å². The van der Waals surface area contributed by atoms with Crippen molar-refractivity contribution in [3.63, 3.8) is 0 Å². The van der Waals surface area contributed by atoms with E-state index in [0.717, 1.165) is 16.3 Å². The maximum atomic E-state index is 7.04. The van der Waals surface area contributed by atoms with Crippen LogP contribution < -0.4 is 37.7 Å². The Morgan fingerprint density at radius 2 is 1.79 bits per heavy atom. The van der Waals surface area contributed by atoms with Crippen molar-refractivity contribution in [3.8, 4) is 5.92 Å². The van der Waals surface area contributed by atoms with Crippen molar-refractivity contribution in [1.29, 1.82) is 0 Å². The second-order valence-corrected chi connectivity index (χ2v) is 2.56. The van der Waals surface area contributed by atoms with Crippen LogP contribution >= 0.6 is 0 Å². The van der Waals surface area contributed by atoms with Crippen LogP contribution in [0.4, 0.5) is 0 Å². The van der Waals surface area contributed by atoms with Crippen LogP contribution in [0.3, 0.4) is 0 Å². The molecule has 0 nitrogen and oxygen atoms in total. The molecular formula is C12H6Li2. The van der Waals surface area contributed by atoms with Crippen molar-refractivity contribution < 1.29 is 37.7 Å². The van der Waals surface area contributed by atoms with E-state index in [-0.39, 0.29) is 37.7 Å². The van der Waals surface area contributed by atoms with Gasteiger partial charge in [-0.25, -0.2) is 6.07 Å². The molecule has 2 aromatic rings. The van der Waals surface area contributed by atoms with Crippen LogP contribution in [0.2, 0.25) is 0 Å². The third-order valence-electron chi connectivity index (χ3n) is 1.85. The molecule has 0 aliphatic carbocycles. The minimum atomic E-state index is 0. The molecule has 0 aliphatic heterocycles. The number of fused-ring (bicyclic) bond motifs is 1. The number of benzene rings is 2. The van der Waals surface area contributed by atoms with Gasteiger partial charge in [0.15, 0.2) is 0 Å². The van der Waals surface area contributed by atoms with Gasteiger partial charge in [-0.15, -0.1) is 17.5 Å². The van der Waals surface area contributed by atoms with E-state index in [0.29, 0.717) is 0 Å². The Morgan fingerprint density at radius 1 is 1.07 bits per heavy atom. The van der Waals surface area contributed by atoms with Crippen LogP contribution in [-0.4, -0.2) is 0 Å².